The van der Waals surface area contributed by atoms with Gasteiger partial charge in [-0.05, 0) is 19.1 Å². The molecule has 6 nitrogen and oxygen atoms in total. The first-order chi connectivity index (χ1) is 9.70. The summed E-state index contributed by atoms with van der Waals surface area (Å²) >= 11 is 0. The highest BCUT2D eigenvalue weighted by Gasteiger charge is 2.23. The molecule has 1 amide bonds. The van der Waals surface area contributed by atoms with Gasteiger partial charge in [0.25, 0.3) is 10.0 Å². The minimum absolute atomic E-state index is 0.0162. The average Bonchev–Trinajstić information content (AvgIpc) is 2.43. The summed E-state index contributed by atoms with van der Waals surface area (Å²) in [5.74, 6) is -1.68. The highest BCUT2D eigenvalue weighted by Crippen LogP contribution is 2.17. The summed E-state index contributed by atoms with van der Waals surface area (Å²) in [6.45, 7) is 1.78. The SMILES string of the molecule is Cc1ccc(S(=O)(=O)N(C=O)/C=C(/F)C(=N)N(C)C)cc1. The monoisotopic (exact) mass is 313 g/mol. The van der Waals surface area contributed by atoms with Gasteiger partial charge in [0.2, 0.25) is 6.41 Å². The van der Waals surface area contributed by atoms with Crippen LogP contribution in [-0.4, -0.2) is 44.0 Å². The maximum absolute atomic E-state index is 13.7. The third-order valence-corrected chi connectivity index (χ3v) is 4.23. The van der Waals surface area contributed by atoms with Crippen LogP contribution in [0.1, 0.15) is 5.56 Å². The van der Waals surface area contributed by atoms with E-state index >= 15 is 0 Å². The van der Waals surface area contributed by atoms with Crippen LogP contribution in [0.25, 0.3) is 0 Å². The number of likely N-dealkylation sites (N-methyl/N-ethyl adjacent to an activating group) is 1. The highest BCUT2D eigenvalue weighted by molar-refractivity contribution is 7.89. The van der Waals surface area contributed by atoms with Crippen molar-refractivity contribution in [1.82, 2.24) is 9.21 Å². The smallest absolute Gasteiger partial charge is 0.270 e. The van der Waals surface area contributed by atoms with Crippen LogP contribution < -0.4 is 0 Å². The van der Waals surface area contributed by atoms with Gasteiger partial charge in [0.15, 0.2) is 11.7 Å². The van der Waals surface area contributed by atoms with Crippen molar-refractivity contribution in [2.45, 2.75) is 11.8 Å². The molecule has 0 saturated carbocycles. The van der Waals surface area contributed by atoms with Crippen molar-refractivity contribution in [3.8, 4) is 0 Å². The summed E-state index contributed by atoms with van der Waals surface area (Å²) in [6, 6.07) is 5.78. The Morgan fingerprint density at radius 3 is 2.19 bits per heavy atom. The molecule has 21 heavy (non-hydrogen) atoms. The second-order valence-corrected chi connectivity index (χ2v) is 6.32. The van der Waals surface area contributed by atoms with Gasteiger partial charge in [0.1, 0.15) is 0 Å². The van der Waals surface area contributed by atoms with E-state index in [0.29, 0.717) is 6.20 Å². The van der Waals surface area contributed by atoms with Crippen LogP contribution >= 0.6 is 0 Å². The van der Waals surface area contributed by atoms with E-state index in [0.717, 1.165) is 10.5 Å². The van der Waals surface area contributed by atoms with Crippen LogP contribution in [0.2, 0.25) is 0 Å². The maximum atomic E-state index is 13.7. The zero-order chi connectivity index (χ0) is 16.2. The fraction of sp³-hybridized carbons (Fsp3) is 0.231. The fourth-order valence-corrected chi connectivity index (χ4v) is 2.44. The Balaban J connectivity index is 3.20. The molecule has 0 aliphatic rings. The van der Waals surface area contributed by atoms with Crippen molar-refractivity contribution in [3.63, 3.8) is 0 Å². The van der Waals surface area contributed by atoms with Crippen molar-refractivity contribution in [1.29, 1.82) is 5.41 Å². The lowest BCUT2D eigenvalue weighted by Crippen LogP contribution is -2.27. The van der Waals surface area contributed by atoms with Gasteiger partial charge >= 0.3 is 0 Å². The lowest BCUT2D eigenvalue weighted by atomic mass is 10.2. The molecule has 1 rings (SSSR count). The van der Waals surface area contributed by atoms with Gasteiger partial charge in [-0.2, -0.15) is 0 Å². The third-order valence-electron chi connectivity index (χ3n) is 2.61. The fourth-order valence-electron chi connectivity index (χ4n) is 1.37. The van der Waals surface area contributed by atoms with E-state index in [1.54, 1.807) is 19.1 Å². The van der Waals surface area contributed by atoms with Crippen molar-refractivity contribution < 1.29 is 17.6 Å². The number of halogens is 1. The minimum Gasteiger partial charge on any atom is -0.361 e. The summed E-state index contributed by atoms with van der Waals surface area (Å²) in [6.07, 6.45) is 0.461. The van der Waals surface area contributed by atoms with E-state index in [1.165, 1.54) is 26.2 Å². The number of amidine groups is 1. The number of rotatable bonds is 5. The van der Waals surface area contributed by atoms with E-state index in [2.05, 4.69) is 0 Å². The Bertz CT molecular complexity index is 666. The average molecular weight is 313 g/mol. The predicted octanol–water partition coefficient (Wildman–Crippen LogP) is 1.49. The lowest BCUT2D eigenvalue weighted by molar-refractivity contribution is -0.112. The summed E-state index contributed by atoms with van der Waals surface area (Å²) < 4.78 is 38.3. The zero-order valence-electron chi connectivity index (χ0n) is 11.9. The summed E-state index contributed by atoms with van der Waals surface area (Å²) in [4.78, 5) is 12.0. The van der Waals surface area contributed by atoms with Gasteiger partial charge < -0.3 is 4.90 Å². The number of carbonyl (C=O) groups excluding carboxylic acids is 1. The summed E-state index contributed by atoms with van der Waals surface area (Å²) in [5.41, 5.74) is 0.850. The Hall–Kier alpha value is -2.22. The maximum Gasteiger partial charge on any atom is 0.270 e. The van der Waals surface area contributed by atoms with Crippen LogP contribution in [0, 0.1) is 12.3 Å². The standard InChI is InChI=1S/C13H16FN3O3S/c1-10-4-6-11(7-5-10)21(19,20)17(9-18)8-12(14)13(15)16(2)3/h4-9,15H,1-3H3/b12-8+,15-13?. The van der Waals surface area contributed by atoms with Gasteiger partial charge in [-0.1, -0.05) is 17.7 Å². The van der Waals surface area contributed by atoms with E-state index < -0.39 is 21.7 Å². The van der Waals surface area contributed by atoms with Crippen LogP contribution in [0.3, 0.4) is 0 Å². The second kappa shape index (κ2) is 6.49. The highest BCUT2D eigenvalue weighted by atomic mass is 32.2. The summed E-state index contributed by atoms with van der Waals surface area (Å²) in [5, 5.41) is 7.40. The van der Waals surface area contributed by atoms with Crippen molar-refractivity contribution in [3.05, 3.63) is 41.9 Å². The Labute approximate surface area is 123 Å². The quantitative estimate of drug-likeness (QED) is 0.507. The number of sulfonamides is 1. The molecule has 0 fully saturated rings. The first-order valence-corrected chi connectivity index (χ1v) is 7.33. The van der Waals surface area contributed by atoms with E-state index in [1.807, 2.05) is 0 Å². The molecule has 0 unspecified atom stereocenters. The normalized spacial score (nSPS) is 11.9. The van der Waals surface area contributed by atoms with Gasteiger partial charge in [-0.15, -0.1) is 0 Å². The topological polar surface area (TPSA) is 81.5 Å². The minimum atomic E-state index is -4.19. The number of hydrogen-bond donors (Lipinski definition) is 1. The molecule has 114 valence electrons. The third kappa shape index (κ3) is 3.88. The molecule has 0 aliphatic carbocycles. The molecule has 0 aromatic heterocycles. The molecular weight excluding hydrogens is 297 g/mol. The Morgan fingerprint density at radius 2 is 1.76 bits per heavy atom. The number of aryl methyl sites for hydroxylation is 1. The predicted molar refractivity (Wildman–Crippen MR) is 76.9 cm³/mol. The number of hydrogen-bond acceptors (Lipinski definition) is 4. The van der Waals surface area contributed by atoms with Crippen molar-refractivity contribution in [2.24, 2.45) is 0 Å². The van der Waals surface area contributed by atoms with Crippen LogP contribution in [0.15, 0.2) is 41.2 Å². The first kappa shape index (κ1) is 16.8. The second-order valence-electron chi connectivity index (χ2n) is 4.47. The molecular formula is C13H16FN3O3S. The van der Waals surface area contributed by atoms with Crippen molar-refractivity contribution >= 4 is 22.3 Å². The van der Waals surface area contributed by atoms with Gasteiger partial charge in [0.05, 0.1) is 11.1 Å². The molecule has 0 aliphatic heterocycles. The largest absolute Gasteiger partial charge is 0.361 e. The zero-order valence-corrected chi connectivity index (χ0v) is 12.7. The molecule has 1 aromatic carbocycles. The molecule has 0 spiro atoms. The van der Waals surface area contributed by atoms with Crippen LogP contribution in [0.4, 0.5) is 4.39 Å². The summed E-state index contributed by atoms with van der Waals surface area (Å²) in [7, 11) is -1.34. The van der Waals surface area contributed by atoms with E-state index in [-0.39, 0.29) is 15.6 Å². The Morgan fingerprint density at radius 1 is 1.24 bits per heavy atom. The number of carbonyl (C=O) groups is 1. The van der Waals surface area contributed by atoms with Gasteiger partial charge in [-0.3, -0.25) is 10.2 Å². The van der Waals surface area contributed by atoms with Gasteiger partial charge in [0, 0.05) is 14.1 Å². The van der Waals surface area contributed by atoms with E-state index in [4.69, 9.17) is 5.41 Å². The molecule has 8 heteroatoms. The van der Waals surface area contributed by atoms with Gasteiger partial charge in [-0.25, -0.2) is 17.1 Å². The van der Waals surface area contributed by atoms with E-state index in [9.17, 15) is 17.6 Å². The number of nitrogens with one attached hydrogen (secondary N) is 1. The lowest BCUT2D eigenvalue weighted by Gasteiger charge is -2.16. The molecule has 0 atom stereocenters. The first-order valence-electron chi connectivity index (χ1n) is 5.89. The molecule has 1 N–H and O–H groups in total. The Kier molecular flexibility index (Phi) is 5.20. The molecule has 0 bridgehead atoms. The molecule has 0 radical (unpaired) electrons. The molecule has 0 saturated heterocycles. The van der Waals surface area contributed by atoms with Crippen LogP contribution in [-0.2, 0) is 14.8 Å². The number of nitrogens with zero attached hydrogens (tertiary/aromatic N) is 2. The number of benzene rings is 1. The molecule has 1 aromatic rings. The molecule has 0 heterocycles. The van der Waals surface area contributed by atoms with Crippen molar-refractivity contribution in [2.75, 3.05) is 14.1 Å². The van der Waals surface area contributed by atoms with Crippen LogP contribution in [0.5, 0.6) is 0 Å². The number of amides is 1.